The van der Waals surface area contributed by atoms with Crippen LogP contribution in [0.25, 0.3) is 0 Å². The minimum atomic E-state index is -1.31. The Morgan fingerprint density at radius 1 is 0.857 bits per heavy atom. The Hall–Kier alpha value is -1.28. The maximum absolute atomic E-state index is 12.1. The molecule has 0 N–H and O–H groups in total. The van der Waals surface area contributed by atoms with Crippen molar-refractivity contribution in [1.82, 2.24) is 4.90 Å². The molecule has 1 aliphatic rings. The van der Waals surface area contributed by atoms with Gasteiger partial charge in [0, 0.05) is 24.6 Å². The fourth-order valence-electron chi connectivity index (χ4n) is 1.85. The number of amides is 2. The number of rotatable bonds is 11. The number of carbonyl (C=O) groups excluding carboxylic acids is 2. The molecule has 0 saturated heterocycles. The molecule has 0 aromatic heterocycles. The van der Waals surface area contributed by atoms with E-state index in [0.717, 1.165) is 0 Å². The van der Waals surface area contributed by atoms with Gasteiger partial charge in [0.25, 0.3) is 11.8 Å². The second-order valence-corrected chi connectivity index (χ2v) is 9.36. The number of hydrogen-bond donors (Lipinski definition) is 0. The predicted octanol–water partition coefficient (Wildman–Crippen LogP) is 4.17. The molecule has 7 heteroatoms. The fraction of sp³-hybridized carbons (Fsp3) is 0.810. The highest BCUT2D eigenvalue weighted by molar-refractivity contribution is 6.15. The summed E-state index contributed by atoms with van der Waals surface area (Å²) in [6.07, 6.45) is 1.52. The molecule has 0 bridgehead atoms. The molecular weight excluding hydrogens is 362 g/mol. The van der Waals surface area contributed by atoms with Crippen molar-refractivity contribution in [2.45, 2.75) is 92.6 Å². The van der Waals surface area contributed by atoms with E-state index in [1.54, 1.807) is 13.8 Å². The Morgan fingerprint density at radius 3 is 1.61 bits per heavy atom. The molecule has 162 valence electrons. The molecule has 0 atom stereocenters. The van der Waals surface area contributed by atoms with Crippen molar-refractivity contribution in [3.8, 4) is 0 Å². The second kappa shape index (κ2) is 9.03. The molecule has 0 radical (unpaired) electrons. The highest BCUT2D eigenvalue weighted by atomic mass is 17.3. The largest absolute Gasteiger partial charge is 0.275 e. The molecule has 28 heavy (non-hydrogen) atoms. The van der Waals surface area contributed by atoms with E-state index < -0.39 is 17.0 Å². The summed E-state index contributed by atoms with van der Waals surface area (Å²) in [6.45, 7) is 19.2. The van der Waals surface area contributed by atoms with E-state index in [1.165, 1.54) is 11.0 Å². The summed E-state index contributed by atoms with van der Waals surface area (Å²) >= 11 is 0. The van der Waals surface area contributed by atoms with E-state index in [1.807, 2.05) is 55.4 Å². The van der Waals surface area contributed by atoms with Crippen molar-refractivity contribution in [2.24, 2.45) is 11.8 Å². The Kier molecular flexibility index (Phi) is 7.98. The van der Waals surface area contributed by atoms with Gasteiger partial charge in [0.15, 0.2) is 0 Å². The third-order valence-electron chi connectivity index (χ3n) is 5.62. The van der Waals surface area contributed by atoms with Crippen LogP contribution in [-0.2, 0) is 29.1 Å². The molecule has 0 aromatic rings. The Morgan fingerprint density at radius 2 is 1.29 bits per heavy atom. The van der Waals surface area contributed by atoms with Crippen LogP contribution in [0.5, 0.6) is 0 Å². The van der Waals surface area contributed by atoms with Gasteiger partial charge in [0.2, 0.25) is 5.79 Å². The zero-order chi connectivity index (χ0) is 21.9. The molecule has 0 saturated carbocycles. The van der Waals surface area contributed by atoms with Crippen LogP contribution in [0.4, 0.5) is 0 Å². The van der Waals surface area contributed by atoms with Gasteiger partial charge in [-0.05, 0) is 53.4 Å². The molecule has 0 fully saturated rings. The molecule has 1 rings (SSSR count). The van der Waals surface area contributed by atoms with Crippen molar-refractivity contribution in [3.63, 3.8) is 0 Å². The van der Waals surface area contributed by atoms with Crippen molar-refractivity contribution in [3.05, 3.63) is 11.6 Å². The summed E-state index contributed by atoms with van der Waals surface area (Å²) in [4.78, 5) is 48.0. The number of hydrogen-bond acceptors (Lipinski definition) is 6. The van der Waals surface area contributed by atoms with Crippen LogP contribution >= 0.6 is 0 Å². The zero-order valence-electron chi connectivity index (χ0n) is 19.0. The van der Waals surface area contributed by atoms with E-state index in [-0.39, 0.29) is 36.6 Å². The number of imide groups is 1. The summed E-state index contributed by atoms with van der Waals surface area (Å²) in [6, 6.07) is 0. The lowest BCUT2D eigenvalue weighted by atomic mass is 9.95. The van der Waals surface area contributed by atoms with E-state index >= 15 is 0 Å². The molecule has 7 nitrogen and oxygen atoms in total. The lowest BCUT2D eigenvalue weighted by molar-refractivity contribution is -0.543. The van der Waals surface area contributed by atoms with Crippen molar-refractivity contribution >= 4 is 11.8 Å². The smallest absolute Gasteiger partial charge is 0.256 e. The molecule has 0 unspecified atom stereocenters. The van der Waals surface area contributed by atoms with Gasteiger partial charge >= 0.3 is 0 Å². The molecule has 0 spiro atoms. The SMILES string of the molecule is CC1=CC(=O)N(CCC(C)(OOC(C)(C)C(C)C)OOC(C)(C)C(C)C)C1=O. The summed E-state index contributed by atoms with van der Waals surface area (Å²) in [5.74, 6) is -1.57. The van der Waals surface area contributed by atoms with Crippen LogP contribution in [-0.4, -0.2) is 40.2 Å². The van der Waals surface area contributed by atoms with Gasteiger partial charge in [-0.1, -0.05) is 27.7 Å². The van der Waals surface area contributed by atoms with Crippen molar-refractivity contribution < 1.29 is 29.1 Å². The first kappa shape index (κ1) is 24.8. The van der Waals surface area contributed by atoms with Crippen LogP contribution in [0, 0.1) is 11.8 Å². The van der Waals surface area contributed by atoms with Crippen LogP contribution in [0.1, 0.15) is 75.7 Å². The standard InChI is InChI=1S/C21H37NO6/c1-14(2)19(6,7)25-27-21(10,28-26-20(8,9)15(3)4)11-12-22-17(23)13-16(5)18(22)24/h13-15H,11-12H2,1-10H3. The zero-order valence-corrected chi connectivity index (χ0v) is 19.0. The molecule has 2 amide bonds. The molecule has 0 aromatic carbocycles. The van der Waals surface area contributed by atoms with Gasteiger partial charge in [-0.25, -0.2) is 9.78 Å². The minimum absolute atomic E-state index is 0.124. The third-order valence-corrected chi connectivity index (χ3v) is 5.62. The van der Waals surface area contributed by atoms with E-state index in [4.69, 9.17) is 19.6 Å². The van der Waals surface area contributed by atoms with Gasteiger partial charge < -0.3 is 0 Å². The molecule has 1 aliphatic heterocycles. The van der Waals surface area contributed by atoms with Crippen LogP contribution in [0.15, 0.2) is 11.6 Å². The van der Waals surface area contributed by atoms with Gasteiger partial charge in [0.1, 0.15) is 11.2 Å². The fourth-order valence-corrected chi connectivity index (χ4v) is 1.85. The Labute approximate surface area is 169 Å². The number of carbonyl (C=O) groups is 2. The van der Waals surface area contributed by atoms with Gasteiger partial charge in [0.05, 0.1) is 0 Å². The van der Waals surface area contributed by atoms with E-state index in [0.29, 0.717) is 5.57 Å². The monoisotopic (exact) mass is 399 g/mol. The summed E-state index contributed by atoms with van der Waals surface area (Å²) in [7, 11) is 0. The normalized spacial score (nSPS) is 16.6. The highest BCUT2D eigenvalue weighted by Gasteiger charge is 2.39. The first-order valence-electron chi connectivity index (χ1n) is 9.89. The molecule has 0 aliphatic carbocycles. The lowest BCUT2D eigenvalue weighted by Gasteiger charge is -2.37. The van der Waals surface area contributed by atoms with Crippen LogP contribution in [0.3, 0.4) is 0 Å². The number of nitrogens with zero attached hydrogens (tertiary/aromatic N) is 1. The predicted molar refractivity (Wildman–Crippen MR) is 106 cm³/mol. The van der Waals surface area contributed by atoms with E-state index in [2.05, 4.69) is 0 Å². The Bertz CT molecular complexity index is 582. The van der Waals surface area contributed by atoms with Gasteiger partial charge in [-0.2, -0.15) is 9.78 Å². The van der Waals surface area contributed by atoms with E-state index in [9.17, 15) is 9.59 Å². The first-order chi connectivity index (χ1) is 12.6. The second-order valence-electron chi connectivity index (χ2n) is 9.36. The average molecular weight is 400 g/mol. The van der Waals surface area contributed by atoms with Gasteiger partial charge in [-0.3, -0.25) is 14.5 Å². The lowest BCUT2D eigenvalue weighted by Crippen LogP contribution is -2.45. The van der Waals surface area contributed by atoms with Gasteiger partial charge in [-0.15, -0.1) is 0 Å². The Balaban J connectivity index is 2.87. The third kappa shape index (κ3) is 6.37. The first-order valence-corrected chi connectivity index (χ1v) is 9.89. The van der Waals surface area contributed by atoms with Crippen LogP contribution in [0.2, 0.25) is 0 Å². The van der Waals surface area contributed by atoms with Crippen molar-refractivity contribution in [2.75, 3.05) is 6.54 Å². The quantitative estimate of drug-likeness (QED) is 0.225. The van der Waals surface area contributed by atoms with Crippen molar-refractivity contribution in [1.29, 1.82) is 0 Å². The molecular formula is C21H37NO6. The van der Waals surface area contributed by atoms with Crippen LogP contribution < -0.4 is 0 Å². The highest BCUT2D eigenvalue weighted by Crippen LogP contribution is 2.30. The summed E-state index contributed by atoms with van der Waals surface area (Å²) in [5, 5.41) is 0. The average Bonchev–Trinajstić information content (AvgIpc) is 2.82. The maximum atomic E-state index is 12.1. The topological polar surface area (TPSA) is 74.3 Å². The summed E-state index contributed by atoms with van der Waals surface area (Å²) < 4.78 is 0. The molecule has 1 heterocycles. The minimum Gasteiger partial charge on any atom is -0.275 e. The maximum Gasteiger partial charge on any atom is 0.256 e. The summed E-state index contributed by atoms with van der Waals surface area (Å²) in [5.41, 5.74) is -0.700.